The van der Waals surface area contributed by atoms with Crippen molar-refractivity contribution in [2.45, 2.75) is 6.04 Å². The van der Waals surface area contributed by atoms with Gasteiger partial charge in [0.25, 0.3) is 0 Å². The molecule has 1 saturated heterocycles. The molecule has 9 heavy (non-hydrogen) atoms. The Morgan fingerprint density at radius 1 is 1.56 bits per heavy atom. The Bertz CT molecular complexity index is 112. The van der Waals surface area contributed by atoms with E-state index in [-0.39, 0.29) is 18.4 Å². The molecule has 4 N–H and O–H groups in total. The SMILES string of the molecule is Cl.NC(=S)N1CC(N)C1. The van der Waals surface area contributed by atoms with E-state index in [0.717, 1.165) is 13.1 Å². The topological polar surface area (TPSA) is 55.3 Å². The van der Waals surface area contributed by atoms with Crippen LogP contribution >= 0.6 is 24.6 Å². The predicted octanol–water partition coefficient (Wildman–Crippen LogP) is -0.705. The molecule has 0 unspecified atom stereocenters. The molecule has 1 rings (SSSR count). The average molecular weight is 168 g/mol. The van der Waals surface area contributed by atoms with Gasteiger partial charge in [0.1, 0.15) is 0 Å². The van der Waals surface area contributed by atoms with Crippen LogP contribution in [0.1, 0.15) is 0 Å². The van der Waals surface area contributed by atoms with Crippen molar-refractivity contribution in [1.29, 1.82) is 0 Å². The third-order valence-electron chi connectivity index (χ3n) is 1.22. The summed E-state index contributed by atoms with van der Waals surface area (Å²) in [7, 11) is 0. The first-order chi connectivity index (χ1) is 3.70. The van der Waals surface area contributed by atoms with Crippen LogP contribution < -0.4 is 11.5 Å². The second-order valence-electron chi connectivity index (χ2n) is 2.00. The summed E-state index contributed by atoms with van der Waals surface area (Å²) in [5, 5.41) is 0.465. The molecule has 0 spiro atoms. The van der Waals surface area contributed by atoms with Crippen LogP contribution in [0, 0.1) is 0 Å². The van der Waals surface area contributed by atoms with Crippen molar-refractivity contribution in [3.63, 3.8) is 0 Å². The van der Waals surface area contributed by atoms with Crippen molar-refractivity contribution in [1.82, 2.24) is 4.90 Å². The van der Waals surface area contributed by atoms with Gasteiger partial charge < -0.3 is 16.4 Å². The molecule has 5 heteroatoms. The molecule has 1 fully saturated rings. The third-order valence-corrected chi connectivity index (χ3v) is 1.48. The number of nitrogens with two attached hydrogens (primary N) is 2. The fraction of sp³-hybridized carbons (Fsp3) is 0.750. The second kappa shape index (κ2) is 3.20. The summed E-state index contributed by atoms with van der Waals surface area (Å²) in [6.07, 6.45) is 0. The van der Waals surface area contributed by atoms with Crippen LogP contribution in [0.2, 0.25) is 0 Å². The minimum absolute atomic E-state index is 0. The molecule has 0 bridgehead atoms. The number of rotatable bonds is 0. The van der Waals surface area contributed by atoms with Crippen molar-refractivity contribution in [2.24, 2.45) is 11.5 Å². The maximum absolute atomic E-state index is 5.45. The molecule has 1 aliphatic rings. The molecule has 0 saturated carbocycles. The second-order valence-corrected chi connectivity index (χ2v) is 2.42. The van der Waals surface area contributed by atoms with Gasteiger partial charge in [-0.25, -0.2) is 0 Å². The van der Waals surface area contributed by atoms with Gasteiger partial charge in [-0.05, 0) is 12.2 Å². The van der Waals surface area contributed by atoms with Gasteiger partial charge in [0.05, 0.1) is 0 Å². The molecular formula is C4H10ClN3S. The van der Waals surface area contributed by atoms with Gasteiger partial charge in [-0.1, -0.05) is 0 Å². The lowest BCUT2D eigenvalue weighted by Gasteiger charge is -2.37. The van der Waals surface area contributed by atoms with Crippen molar-refractivity contribution in [2.75, 3.05) is 13.1 Å². The lowest BCUT2D eigenvalue weighted by molar-refractivity contribution is 0.256. The number of likely N-dealkylation sites (tertiary alicyclic amines) is 1. The van der Waals surface area contributed by atoms with Gasteiger partial charge in [-0.15, -0.1) is 12.4 Å². The van der Waals surface area contributed by atoms with Gasteiger partial charge >= 0.3 is 0 Å². The summed E-state index contributed by atoms with van der Waals surface area (Å²) in [6, 6.07) is 0.288. The highest BCUT2D eigenvalue weighted by atomic mass is 35.5. The highest BCUT2D eigenvalue weighted by molar-refractivity contribution is 7.80. The Balaban J connectivity index is 0.000000640. The maximum Gasteiger partial charge on any atom is 0.166 e. The normalized spacial score (nSPS) is 18.1. The Labute approximate surface area is 65.8 Å². The van der Waals surface area contributed by atoms with Crippen LogP contribution in [-0.4, -0.2) is 29.1 Å². The Hall–Kier alpha value is -0.0600. The average Bonchev–Trinajstić information content (AvgIpc) is 1.57. The summed E-state index contributed by atoms with van der Waals surface area (Å²) < 4.78 is 0. The minimum Gasteiger partial charge on any atom is -0.376 e. The summed E-state index contributed by atoms with van der Waals surface area (Å²) in [4.78, 5) is 1.88. The number of thiocarbonyl (C=S) groups is 1. The van der Waals surface area contributed by atoms with Crippen LogP contribution in [0.4, 0.5) is 0 Å². The van der Waals surface area contributed by atoms with E-state index in [9.17, 15) is 0 Å². The highest BCUT2D eigenvalue weighted by Gasteiger charge is 2.22. The van der Waals surface area contributed by atoms with Crippen molar-refractivity contribution < 1.29 is 0 Å². The Morgan fingerprint density at radius 2 is 2.00 bits per heavy atom. The lowest BCUT2D eigenvalue weighted by Crippen LogP contribution is -2.59. The molecule has 0 aromatic heterocycles. The molecule has 0 aromatic carbocycles. The smallest absolute Gasteiger partial charge is 0.166 e. The van der Waals surface area contributed by atoms with Crippen LogP contribution in [0.3, 0.4) is 0 Å². The lowest BCUT2D eigenvalue weighted by atomic mass is 10.1. The molecule has 1 heterocycles. The molecule has 0 atom stereocenters. The molecule has 3 nitrogen and oxygen atoms in total. The summed E-state index contributed by atoms with van der Waals surface area (Å²) in [5.41, 5.74) is 10.7. The summed E-state index contributed by atoms with van der Waals surface area (Å²) in [6.45, 7) is 1.66. The first kappa shape index (κ1) is 8.94. The minimum atomic E-state index is 0. The van der Waals surface area contributed by atoms with E-state index < -0.39 is 0 Å². The molecule has 54 valence electrons. The summed E-state index contributed by atoms with van der Waals surface area (Å²) in [5.74, 6) is 0. The first-order valence-corrected chi connectivity index (χ1v) is 2.91. The Morgan fingerprint density at radius 3 is 2.11 bits per heavy atom. The van der Waals surface area contributed by atoms with Crippen molar-refractivity contribution in [3.05, 3.63) is 0 Å². The number of halogens is 1. The third kappa shape index (κ3) is 1.97. The van der Waals surface area contributed by atoms with Gasteiger partial charge in [-0.3, -0.25) is 0 Å². The van der Waals surface area contributed by atoms with Gasteiger partial charge in [-0.2, -0.15) is 0 Å². The van der Waals surface area contributed by atoms with Crippen LogP contribution in [0.15, 0.2) is 0 Å². The van der Waals surface area contributed by atoms with E-state index >= 15 is 0 Å². The predicted molar refractivity (Wildman–Crippen MR) is 43.6 cm³/mol. The molecule has 0 aromatic rings. The fourth-order valence-corrected chi connectivity index (χ4v) is 0.842. The standard InChI is InChI=1S/C4H9N3S.ClH/c5-3-1-7(2-3)4(6)8;/h3H,1-2,5H2,(H2,6,8);1H. The highest BCUT2D eigenvalue weighted by Crippen LogP contribution is 2.02. The van der Waals surface area contributed by atoms with Gasteiger partial charge in [0.2, 0.25) is 0 Å². The van der Waals surface area contributed by atoms with Crippen LogP contribution in [0.25, 0.3) is 0 Å². The van der Waals surface area contributed by atoms with E-state index in [1.165, 1.54) is 0 Å². The molecule has 1 aliphatic heterocycles. The van der Waals surface area contributed by atoms with E-state index in [4.69, 9.17) is 11.5 Å². The quantitative estimate of drug-likeness (QED) is 0.469. The molecular weight excluding hydrogens is 158 g/mol. The molecule has 0 amide bonds. The van der Waals surface area contributed by atoms with Gasteiger partial charge in [0, 0.05) is 19.1 Å². The largest absolute Gasteiger partial charge is 0.376 e. The summed E-state index contributed by atoms with van der Waals surface area (Å²) >= 11 is 4.67. The molecule has 0 radical (unpaired) electrons. The molecule has 0 aliphatic carbocycles. The number of hydrogen-bond acceptors (Lipinski definition) is 2. The van der Waals surface area contributed by atoms with E-state index in [0.29, 0.717) is 5.11 Å². The maximum atomic E-state index is 5.45. The van der Waals surface area contributed by atoms with E-state index in [1.54, 1.807) is 0 Å². The van der Waals surface area contributed by atoms with Crippen LogP contribution in [0.5, 0.6) is 0 Å². The van der Waals surface area contributed by atoms with Crippen molar-refractivity contribution in [3.8, 4) is 0 Å². The van der Waals surface area contributed by atoms with Crippen LogP contribution in [-0.2, 0) is 0 Å². The monoisotopic (exact) mass is 167 g/mol. The van der Waals surface area contributed by atoms with Crippen molar-refractivity contribution >= 4 is 29.7 Å². The Kier molecular flexibility index (Phi) is 3.17. The first-order valence-electron chi connectivity index (χ1n) is 2.50. The fourth-order valence-electron chi connectivity index (χ4n) is 0.693. The van der Waals surface area contributed by atoms with E-state index in [1.807, 2.05) is 4.90 Å². The number of hydrogen-bond donors (Lipinski definition) is 2. The number of nitrogens with zero attached hydrogens (tertiary/aromatic N) is 1. The van der Waals surface area contributed by atoms with E-state index in [2.05, 4.69) is 12.2 Å². The zero-order valence-electron chi connectivity index (χ0n) is 4.91. The zero-order valence-corrected chi connectivity index (χ0v) is 6.54. The van der Waals surface area contributed by atoms with Gasteiger partial charge in [0.15, 0.2) is 5.11 Å². The zero-order chi connectivity index (χ0) is 6.15.